The summed E-state index contributed by atoms with van der Waals surface area (Å²) in [5, 5.41) is 12.0. The minimum absolute atomic E-state index is 0.464. The van der Waals surface area contributed by atoms with E-state index in [9.17, 15) is 0 Å². The number of rotatable bonds is 2. The Hall–Kier alpha value is -1.80. The van der Waals surface area contributed by atoms with Gasteiger partial charge < -0.3 is 15.1 Å². The average Bonchev–Trinajstić information content (AvgIpc) is 2.39. The number of piperazine rings is 1. The number of aromatic nitrogens is 1. The fraction of sp³-hybridized carbons (Fsp3) is 0.500. The molecule has 90 valence electrons. The number of nitrogens with zero attached hydrogens (tertiary/aromatic N) is 4. The summed E-state index contributed by atoms with van der Waals surface area (Å²) in [5.74, 6) is 0.890. The largest absolute Gasteiger partial charge is 0.388 e. The van der Waals surface area contributed by atoms with E-state index in [0.717, 1.165) is 37.7 Å². The Morgan fingerprint density at radius 2 is 2.00 bits per heavy atom. The SMILES string of the molecule is CNc1cc(C#N)nc(N2CCN(C)CC2)c1. The summed E-state index contributed by atoms with van der Waals surface area (Å²) in [6.07, 6.45) is 0. The number of likely N-dealkylation sites (N-methyl/N-ethyl adjacent to an activating group) is 1. The fourth-order valence-electron chi connectivity index (χ4n) is 1.92. The smallest absolute Gasteiger partial charge is 0.144 e. The molecule has 0 spiro atoms. The van der Waals surface area contributed by atoms with Crippen molar-refractivity contribution in [1.82, 2.24) is 9.88 Å². The Kier molecular flexibility index (Phi) is 3.45. The van der Waals surface area contributed by atoms with Gasteiger partial charge in [0.05, 0.1) is 0 Å². The third-order valence-corrected chi connectivity index (χ3v) is 3.04. The zero-order chi connectivity index (χ0) is 12.3. The van der Waals surface area contributed by atoms with Crippen LogP contribution in [0.5, 0.6) is 0 Å². The Morgan fingerprint density at radius 3 is 2.59 bits per heavy atom. The van der Waals surface area contributed by atoms with Gasteiger partial charge in [-0.05, 0) is 13.1 Å². The molecule has 17 heavy (non-hydrogen) atoms. The molecule has 0 unspecified atom stereocenters. The third-order valence-electron chi connectivity index (χ3n) is 3.04. The molecule has 2 heterocycles. The molecule has 1 aliphatic rings. The predicted molar refractivity (Wildman–Crippen MR) is 68.2 cm³/mol. The van der Waals surface area contributed by atoms with Crippen molar-refractivity contribution in [3.05, 3.63) is 17.8 Å². The Bertz CT molecular complexity index is 429. The lowest BCUT2D eigenvalue weighted by molar-refractivity contribution is 0.312. The zero-order valence-electron chi connectivity index (χ0n) is 10.3. The fourth-order valence-corrected chi connectivity index (χ4v) is 1.92. The van der Waals surface area contributed by atoms with Crippen LogP contribution in [0.25, 0.3) is 0 Å². The molecule has 0 radical (unpaired) electrons. The van der Waals surface area contributed by atoms with Gasteiger partial charge in [-0.1, -0.05) is 0 Å². The highest BCUT2D eigenvalue weighted by Gasteiger charge is 2.16. The second-order valence-corrected chi connectivity index (χ2v) is 4.25. The molecule has 2 rings (SSSR count). The van der Waals surface area contributed by atoms with Gasteiger partial charge in [-0.2, -0.15) is 5.26 Å². The monoisotopic (exact) mass is 231 g/mol. The molecule has 5 nitrogen and oxygen atoms in total. The number of nitriles is 1. The summed E-state index contributed by atoms with van der Waals surface area (Å²) < 4.78 is 0. The number of hydrogen-bond acceptors (Lipinski definition) is 5. The number of anilines is 2. The van der Waals surface area contributed by atoms with Crippen molar-refractivity contribution in [2.45, 2.75) is 0 Å². The maximum Gasteiger partial charge on any atom is 0.144 e. The minimum atomic E-state index is 0.464. The molecule has 1 aliphatic heterocycles. The Labute approximate surface area is 102 Å². The zero-order valence-corrected chi connectivity index (χ0v) is 10.3. The lowest BCUT2D eigenvalue weighted by Crippen LogP contribution is -2.44. The van der Waals surface area contributed by atoms with Crippen molar-refractivity contribution in [2.24, 2.45) is 0 Å². The van der Waals surface area contributed by atoms with Gasteiger partial charge in [-0.3, -0.25) is 0 Å². The van der Waals surface area contributed by atoms with E-state index >= 15 is 0 Å². The summed E-state index contributed by atoms with van der Waals surface area (Å²) in [6.45, 7) is 3.99. The molecule has 1 fully saturated rings. The first-order valence-electron chi connectivity index (χ1n) is 5.76. The van der Waals surface area contributed by atoms with Gasteiger partial charge in [0.25, 0.3) is 0 Å². The van der Waals surface area contributed by atoms with Crippen LogP contribution in [0, 0.1) is 11.3 Å². The molecule has 0 amide bonds. The van der Waals surface area contributed by atoms with E-state index in [1.165, 1.54) is 0 Å². The second-order valence-electron chi connectivity index (χ2n) is 4.25. The van der Waals surface area contributed by atoms with E-state index in [0.29, 0.717) is 5.69 Å². The first-order valence-corrected chi connectivity index (χ1v) is 5.76. The van der Waals surface area contributed by atoms with E-state index in [2.05, 4.69) is 33.2 Å². The summed E-state index contributed by atoms with van der Waals surface area (Å²) in [4.78, 5) is 8.87. The summed E-state index contributed by atoms with van der Waals surface area (Å²) in [5.41, 5.74) is 1.40. The number of hydrogen-bond donors (Lipinski definition) is 1. The summed E-state index contributed by atoms with van der Waals surface area (Å²) >= 11 is 0. The average molecular weight is 231 g/mol. The van der Waals surface area contributed by atoms with Crippen molar-refractivity contribution in [1.29, 1.82) is 5.26 Å². The van der Waals surface area contributed by atoms with E-state index in [1.54, 1.807) is 6.07 Å². The van der Waals surface area contributed by atoms with Gasteiger partial charge in [0.2, 0.25) is 0 Å². The topological polar surface area (TPSA) is 55.2 Å². The lowest BCUT2D eigenvalue weighted by atomic mass is 10.2. The van der Waals surface area contributed by atoms with Gasteiger partial charge in [0, 0.05) is 45.0 Å². The molecule has 0 aromatic carbocycles. The van der Waals surface area contributed by atoms with Crippen LogP contribution >= 0.6 is 0 Å². The standard InChI is InChI=1S/C12H17N5/c1-14-10-7-11(9-13)15-12(8-10)17-5-3-16(2)4-6-17/h7-8H,3-6H2,1-2H3,(H,14,15). The first-order chi connectivity index (χ1) is 8.22. The highest BCUT2D eigenvalue weighted by molar-refractivity contribution is 5.56. The Balaban J connectivity index is 2.23. The predicted octanol–water partition coefficient (Wildman–Crippen LogP) is 0.747. The van der Waals surface area contributed by atoms with Crippen LogP contribution in [-0.2, 0) is 0 Å². The van der Waals surface area contributed by atoms with E-state index < -0.39 is 0 Å². The van der Waals surface area contributed by atoms with Gasteiger partial charge in [0.15, 0.2) is 0 Å². The first kappa shape index (κ1) is 11.7. The van der Waals surface area contributed by atoms with E-state index in [-0.39, 0.29) is 0 Å². The molecule has 0 saturated carbocycles. The number of pyridine rings is 1. The maximum absolute atomic E-state index is 8.96. The van der Waals surface area contributed by atoms with Crippen molar-refractivity contribution in [3.8, 4) is 6.07 Å². The van der Waals surface area contributed by atoms with Gasteiger partial charge in [-0.15, -0.1) is 0 Å². The highest BCUT2D eigenvalue weighted by Crippen LogP contribution is 2.19. The summed E-state index contributed by atoms with van der Waals surface area (Å²) in [6, 6.07) is 5.86. The molecule has 0 bridgehead atoms. The molecule has 1 aromatic rings. The highest BCUT2D eigenvalue weighted by atomic mass is 15.3. The van der Waals surface area contributed by atoms with Crippen LogP contribution in [-0.4, -0.2) is 50.2 Å². The molecule has 5 heteroatoms. The van der Waals surface area contributed by atoms with Crippen LogP contribution in [0.15, 0.2) is 12.1 Å². The van der Waals surface area contributed by atoms with Crippen LogP contribution in [0.4, 0.5) is 11.5 Å². The lowest BCUT2D eigenvalue weighted by Gasteiger charge is -2.33. The molecule has 0 aliphatic carbocycles. The van der Waals surface area contributed by atoms with Crippen LogP contribution in [0.2, 0.25) is 0 Å². The molecule has 0 atom stereocenters. The molecule has 1 aromatic heterocycles. The van der Waals surface area contributed by atoms with Crippen LogP contribution in [0.1, 0.15) is 5.69 Å². The number of nitrogens with one attached hydrogen (secondary N) is 1. The third kappa shape index (κ3) is 2.66. The van der Waals surface area contributed by atoms with Gasteiger partial charge >= 0.3 is 0 Å². The maximum atomic E-state index is 8.96. The molecular weight excluding hydrogens is 214 g/mol. The van der Waals surface area contributed by atoms with Crippen LogP contribution < -0.4 is 10.2 Å². The van der Waals surface area contributed by atoms with E-state index in [1.807, 2.05) is 13.1 Å². The molecular formula is C12H17N5. The molecule has 1 N–H and O–H groups in total. The Morgan fingerprint density at radius 1 is 1.29 bits per heavy atom. The van der Waals surface area contributed by atoms with Crippen molar-refractivity contribution in [2.75, 3.05) is 50.5 Å². The summed E-state index contributed by atoms with van der Waals surface area (Å²) in [7, 11) is 3.97. The van der Waals surface area contributed by atoms with Crippen molar-refractivity contribution >= 4 is 11.5 Å². The van der Waals surface area contributed by atoms with Gasteiger partial charge in [-0.25, -0.2) is 4.98 Å². The van der Waals surface area contributed by atoms with Crippen LogP contribution in [0.3, 0.4) is 0 Å². The second kappa shape index (κ2) is 5.02. The van der Waals surface area contributed by atoms with Crippen molar-refractivity contribution in [3.63, 3.8) is 0 Å². The van der Waals surface area contributed by atoms with E-state index in [4.69, 9.17) is 5.26 Å². The normalized spacial score (nSPS) is 16.6. The van der Waals surface area contributed by atoms with Crippen molar-refractivity contribution < 1.29 is 0 Å². The molecule has 1 saturated heterocycles. The minimum Gasteiger partial charge on any atom is -0.388 e. The van der Waals surface area contributed by atoms with Gasteiger partial charge in [0.1, 0.15) is 17.6 Å². The quantitative estimate of drug-likeness (QED) is 0.814.